The minimum atomic E-state index is -3.63. The van der Waals surface area contributed by atoms with Gasteiger partial charge in [-0.1, -0.05) is 78.9 Å². The molecule has 1 unspecified atom stereocenters. The second-order valence-corrected chi connectivity index (χ2v) is 14.4. The molecule has 0 aromatic heterocycles. The van der Waals surface area contributed by atoms with Crippen molar-refractivity contribution in [1.82, 2.24) is 10.2 Å². The van der Waals surface area contributed by atoms with Crippen LogP contribution in [0.15, 0.2) is 72.8 Å². The Kier molecular flexibility index (Phi) is 13.2. The summed E-state index contributed by atoms with van der Waals surface area (Å²) in [5, 5.41) is 4.10. The van der Waals surface area contributed by atoms with Crippen LogP contribution in [0.4, 0.5) is 5.69 Å². The van der Waals surface area contributed by atoms with Crippen molar-refractivity contribution in [2.24, 2.45) is 0 Å². The summed E-state index contributed by atoms with van der Waals surface area (Å²) in [7, 11) is -3.63. The van der Waals surface area contributed by atoms with Crippen LogP contribution in [0.5, 0.6) is 5.75 Å². The number of halogens is 2. The number of amides is 2. The van der Waals surface area contributed by atoms with Gasteiger partial charge in [0.15, 0.2) is 0 Å². The lowest BCUT2D eigenvalue weighted by Gasteiger charge is -2.34. The van der Waals surface area contributed by atoms with Crippen molar-refractivity contribution in [3.05, 3.63) is 94.0 Å². The Labute approximate surface area is 283 Å². The lowest BCUT2D eigenvalue weighted by atomic mass is 9.94. The minimum absolute atomic E-state index is 0.0241. The van der Waals surface area contributed by atoms with Gasteiger partial charge in [0, 0.05) is 42.0 Å². The van der Waals surface area contributed by atoms with E-state index >= 15 is 0 Å². The fourth-order valence-electron chi connectivity index (χ4n) is 5.81. The molecule has 1 saturated carbocycles. The molecule has 0 bridgehead atoms. The molecule has 1 aliphatic rings. The molecular weight excluding hydrogens is 645 g/mol. The van der Waals surface area contributed by atoms with E-state index in [1.807, 2.05) is 37.3 Å². The molecule has 0 aliphatic heterocycles. The lowest BCUT2D eigenvalue weighted by molar-refractivity contribution is -0.141. The zero-order valence-corrected chi connectivity index (χ0v) is 28.8. The molecule has 3 aromatic rings. The topological polar surface area (TPSA) is 96.0 Å². The number of nitrogens with zero attached hydrogens (tertiary/aromatic N) is 2. The number of rotatable bonds is 15. The zero-order chi connectivity index (χ0) is 33.1. The Bertz CT molecular complexity index is 1550. The maximum absolute atomic E-state index is 14.1. The average molecular weight is 689 g/mol. The van der Waals surface area contributed by atoms with Gasteiger partial charge in [-0.05, 0) is 73.7 Å². The Balaban J connectivity index is 1.59. The predicted octanol–water partition coefficient (Wildman–Crippen LogP) is 7.03. The molecule has 0 saturated heterocycles. The maximum atomic E-state index is 14.1. The third-order valence-electron chi connectivity index (χ3n) is 8.17. The molecule has 0 heterocycles. The Morgan fingerprint density at radius 3 is 2.30 bits per heavy atom. The highest BCUT2D eigenvalue weighted by Crippen LogP contribution is 2.26. The summed E-state index contributed by atoms with van der Waals surface area (Å²) in [6.07, 6.45) is 6.82. The van der Waals surface area contributed by atoms with Gasteiger partial charge < -0.3 is 15.0 Å². The van der Waals surface area contributed by atoms with Crippen molar-refractivity contribution in [2.75, 3.05) is 23.7 Å². The average Bonchev–Trinajstić information content (AvgIpc) is 3.03. The van der Waals surface area contributed by atoms with Crippen molar-refractivity contribution < 1.29 is 22.7 Å². The van der Waals surface area contributed by atoms with Crippen molar-refractivity contribution >= 4 is 50.7 Å². The van der Waals surface area contributed by atoms with Crippen LogP contribution in [0, 0.1) is 0 Å². The van der Waals surface area contributed by atoms with Crippen LogP contribution in [-0.4, -0.2) is 56.6 Å². The van der Waals surface area contributed by atoms with Crippen LogP contribution in [-0.2, 0) is 32.6 Å². The van der Waals surface area contributed by atoms with E-state index in [1.165, 1.54) is 4.31 Å². The fraction of sp³-hybridized carbons (Fsp3) is 0.429. The Morgan fingerprint density at radius 1 is 0.978 bits per heavy atom. The number of carbonyl (C=O) groups excluding carboxylic acids is 2. The third kappa shape index (κ3) is 10.4. The lowest BCUT2D eigenvalue weighted by Crippen LogP contribution is -2.53. The van der Waals surface area contributed by atoms with Gasteiger partial charge >= 0.3 is 0 Å². The molecule has 1 fully saturated rings. The molecular formula is C35H43Cl2N3O5S. The number of ether oxygens (including phenoxy) is 1. The number of hydrogen-bond donors (Lipinski definition) is 1. The van der Waals surface area contributed by atoms with E-state index < -0.39 is 16.1 Å². The summed E-state index contributed by atoms with van der Waals surface area (Å²) >= 11 is 12.7. The first-order valence-electron chi connectivity index (χ1n) is 15.8. The minimum Gasteiger partial charge on any atom is -0.494 e. The molecule has 0 radical (unpaired) electrons. The van der Waals surface area contributed by atoms with Gasteiger partial charge in [-0.25, -0.2) is 8.42 Å². The highest BCUT2D eigenvalue weighted by atomic mass is 35.5. The van der Waals surface area contributed by atoms with Crippen LogP contribution >= 0.6 is 23.2 Å². The van der Waals surface area contributed by atoms with Gasteiger partial charge in [-0.15, -0.1) is 0 Å². The van der Waals surface area contributed by atoms with Crippen LogP contribution in [0.3, 0.4) is 0 Å². The van der Waals surface area contributed by atoms with Crippen molar-refractivity contribution in [2.45, 2.75) is 76.9 Å². The second-order valence-electron chi connectivity index (χ2n) is 11.7. The number of anilines is 1. The van der Waals surface area contributed by atoms with E-state index in [4.69, 9.17) is 27.9 Å². The van der Waals surface area contributed by atoms with E-state index in [2.05, 4.69) is 5.32 Å². The standard InChI is InChI=1S/C35H43Cl2N3O5S/c1-3-45-31-20-18-30(19-21-31)40(46(2,43)44)22-10-15-34(41)39(25-27-16-17-28(36)24-32(27)37)33(23-26-11-6-4-7-12-26)35(42)38-29-13-8-5-9-14-29/h4,6-7,11-12,16-21,24,29,33H,3,5,8-10,13-15,22-23,25H2,1-2H3,(H,38,42). The molecule has 1 atom stereocenters. The molecule has 1 N–H and O–H groups in total. The van der Waals surface area contributed by atoms with Crippen LogP contribution in [0.1, 0.15) is 63.0 Å². The fourth-order valence-corrected chi connectivity index (χ4v) is 7.24. The van der Waals surface area contributed by atoms with Crippen molar-refractivity contribution in [3.63, 3.8) is 0 Å². The molecule has 11 heteroatoms. The molecule has 2 amide bonds. The van der Waals surface area contributed by atoms with Crippen LogP contribution in [0.2, 0.25) is 10.0 Å². The predicted molar refractivity (Wildman–Crippen MR) is 185 cm³/mol. The highest BCUT2D eigenvalue weighted by Gasteiger charge is 2.32. The third-order valence-corrected chi connectivity index (χ3v) is 9.95. The number of sulfonamides is 1. The molecule has 8 nitrogen and oxygen atoms in total. The van der Waals surface area contributed by atoms with E-state index in [9.17, 15) is 18.0 Å². The number of nitrogens with one attached hydrogen (secondary N) is 1. The summed E-state index contributed by atoms with van der Waals surface area (Å²) in [6, 6.07) is 20.8. The summed E-state index contributed by atoms with van der Waals surface area (Å²) in [5.41, 5.74) is 2.07. The van der Waals surface area contributed by atoms with Gasteiger partial charge in [-0.2, -0.15) is 0 Å². The first-order valence-corrected chi connectivity index (χ1v) is 18.4. The number of carbonyl (C=O) groups is 2. The highest BCUT2D eigenvalue weighted by molar-refractivity contribution is 7.92. The van der Waals surface area contributed by atoms with E-state index in [0.29, 0.717) is 40.1 Å². The van der Waals surface area contributed by atoms with Gasteiger partial charge in [0.1, 0.15) is 11.8 Å². The Hall–Kier alpha value is -3.27. The second kappa shape index (κ2) is 17.0. The van der Waals surface area contributed by atoms with Crippen LogP contribution in [0.25, 0.3) is 0 Å². The largest absolute Gasteiger partial charge is 0.494 e. The van der Waals surface area contributed by atoms with E-state index in [-0.39, 0.29) is 43.8 Å². The zero-order valence-electron chi connectivity index (χ0n) is 26.5. The molecule has 4 rings (SSSR count). The van der Waals surface area contributed by atoms with Crippen molar-refractivity contribution in [1.29, 1.82) is 0 Å². The quantitative estimate of drug-likeness (QED) is 0.185. The van der Waals surface area contributed by atoms with Gasteiger partial charge in [0.25, 0.3) is 0 Å². The summed E-state index contributed by atoms with van der Waals surface area (Å²) in [5.74, 6) is 0.162. The first kappa shape index (κ1) is 35.6. The first-order chi connectivity index (χ1) is 22.0. The van der Waals surface area contributed by atoms with Crippen molar-refractivity contribution in [3.8, 4) is 5.75 Å². The summed E-state index contributed by atoms with van der Waals surface area (Å²) in [6.45, 7) is 2.56. The monoisotopic (exact) mass is 687 g/mol. The molecule has 1 aliphatic carbocycles. The van der Waals surface area contributed by atoms with Crippen LogP contribution < -0.4 is 14.4 Å². The Morgan fingerprint density at radius 2 is 1.67 bits per heavy atom. The van der Waals surface area contributed by atoms with Gasteiger partial charge in [0.05, 0.1) is 18.6 Å². The molecule has 248 valence electrons. The summed E-state index contributed by atoms with van der Waals surface area (Å²) < 4.78 is 32.3. The molecule has 0 spiro atoms. The van der Waals surface area contributed by atoms with Gasteiger partial charge in [0.2, 0.25) is 21.8 Å². The maximum Gasteiger partial charge on any atom is 0.243 e. The molecule has 3 aromatic carbocycles. The van der Waals surface area contributed by atoms with Gasteiger partial charge in [-0.3, -0.25) is 13.9 Å². The van der Waals surface area contributed by atoms with E-state index in [1.54, 1.807) is 47.4 Å². The normalized spacial score (nSPS) is 14.3. The SMILES string of the molecule is CCOc1ccc(N(CCCC(=O)N(Cc2ccc(Cl)cc2Cl)C(Cc2ccccc2)C(=O)NC2CCCCC2)S(C)(=O)=O)cc1. The number of hydrogen-bond acceptors (Lipinski definition) is 5. The number of benzene rings is 3. The van der Waals surface area contributed by atoms with E-state index in [0.717, 1.165) is 43.9 Å². The molecule has 46 heavy (non-hydrogen) atoms. The summed E-state index contributed by atoms with van der Waals surface area (Å²) in [4.78, 5) is 29.7. The smallest absolute Gasteiger partial charge is 0.243 e.